The summed E-state index contributed by atoms with van der Waals surface area (Å²) in [5, 5.41) is 7.63. The molecule has 3 aromatic heterocycles. The lowest BCUT2D eigenvalue weighted by Gasteiger charge is -2.33. The Kier molecular flexibility index (Phi) is 6.07. The molecule has 4 nitrogen and oxygen atoms in total. The van der Waals surface area contributed by atoms with Crippen molar-refractivity contribution in [3.63, 3.8) is 0 Å². The second kappa shape index (κ2) is 11.4. The minimum Gasteiger partial charge on any atom is -0.551 e. The number of para-hydroxylation sites is 5. The summed E-state index contributed by atoms with van der Waals surface area (Å²) in [4.78, 5) is 0. The SMILES string of the molecule is c1ccc2c(c1)OB1c3ccc(-c4ccc(-n5c6ccccc6c6ccccc65)cc4)cc3Oc3cc(-c4ccc5c(c4)c4cccc6c7ccccc7n5c64)cc-2c31. The van der Waals surface area contributed by atoms with Gasteiger partial charge in [0.25, 0.3) is 0 Å². The number of hydrogen-bond acceptors (Lipinski definition) is 2. The zero-order valence-electron chi connectivity index (χ0n) is 31.7. The van der Waals surface area contributed by atoms with E-state index in [1.54, 1.807) is 0 Å². The number of rotatable bonds is 3. The normalized spacial score (nSPS) is 13.0. The van der Waals surface area contributed by atoms with Gasteiger partial charge in [0.15, 0.2) is 0 Å². The van der Waals surface area contributed by atoms with Crippen molar-refractivity contribution in [2.75, 3.05) is 0 Å². The number of ether oxygens (including phenoxy) is 1. The van der Waals surface area contributed by atoms with E-state index in [0.717, 1.165) is 67.2 Å². The minimum absolute atomic E-state index is 0.281. The summed E-state index contributed by atoms with van der Waals surface area (Å²) in [6.45, 7) is -0.281. The van der Waals surface area contributed by atoms with Crippen LogP contribution in [-0.4, -0.2) is 15.9 Å². The second-order valence-electron chi connectivity index (χ2n) is 16.0. The second-order valence-corrected chi connectivity index (χ2v) is 16.0. The van der Waals surface area contributed by atoms with Crippen molar-refractivity contribution in [1.82, 2.24) is 8.97 Å². The zero-order valence-corrected chi connectivity index (χ0v) is 31.7. The Hall–Kier alpha value is -7.76. The van der Waals surface area contributed by atoms with E-state index in [1.807, 2.05) is 0 Å². The molecule has 0 amide bonds. The minimum atomic E-state index is -0.281. The standard InChI is InChI=1S/C54H31BN2O2/c1-5-16-46-37(10-1)38-11-2-6-17-47(38)56(46)36-24-20-32(21-25-36)34-22-26-45-51(30-34)58-52-31-35(29-44-40-13-4-8-19-50(40)59-55(45)53(44)52)33-23-27-49-43(28-33)42-15-9-14-41-39-12-3-7-18-48(39)57(49)54(41)42/h1-31H. The van der Waals surface area contributed by atoms with Crippen molar-refractivity contribution in [2.45, 2.75) is 0 Å². The lowest BCUT2D eigenvalue weighted by Crippen LogP contribution is -2.53. The largest absolute Gasteiger partial charge is 0.551 e. The third-order valence-corrected chi connectivity index (χ3v) is 12.9. The van der Waals surface area contributed by atoms with Crippen molar-refractivity contribution < 1.29 is 9.39 Å². The third kappa shape index (κ3) is 4.23. The van der Waals surface area contributed by atoms with E-state index in [2.05, 4.69) is 197 Å². The van der Waals surface area contributed by atoms with Gasteiger partial charge < -0.3 is 18.4 Å². The van der Waals surface area contributed by atoms with Gasteiger partial charge in [-0.25, -0.2) is 0 Å². The first kappa shape index (κ1) is 31.3. The molecule has 0 atom stereocenters. The Morgan fingerprint density at radius 2 is 0.966 bits per heavy atom. The quantitative estimate of drug-likeness (QED) is 0.168. The fourth-order valence-electron chi connectivity index (χ4n) is 10.3. The summed E-state index contributed by atoms with van der Waals surface area (Å²) in [6, 6.07) is 68.0. The summed E-state index contributed by atoms with van der Waals surface area (Å²) < 4.78 is 18.6. The monoisotopic (exact) mass is 750 g/mol. The van der Waals surface area contributed by atoms with Crippen LogP contribution < -0.4 is 20.3 Å². The molecule has 0 bridgehead atoms. The molecule has 0 radical (unpaired) electrons. The Balaban J connectivity index is 0.889. The van der Waals surface area contributed by atoms with Crippen LogP contribution in [0.4, 0.5) is 0 Å². The van der Waals surface area contributed by atoms with Crippen molar-refractivity contribution in [1.29, 1.82) is 0 Å². The molecule has 14 rings (SSSR count). The Morgan fingerprint density at radius 1 is 0.373 bits per heavy atom. The van der Waals surface area contributed by atoms with Gasteiger partial charge in [-0.2, -0.15) is 0 Å². The molecule has 2 aliphatic heterocycles. The maximum Gasteiger partial charge on any atom is 0.434 e. The fraction of sp³-hybridized carbons (Fsp3) is 0. The molecule has 0 saturated heterocycles. The van der Waals surface area contributed by atoms with Crippen LogP contribution in [0, 0.1) is 0 Å². The first-order valence-corrected chi connectivity index (χ1v) is 20.3. The molecule has 5 heterocycles. The molecule has 5 heteroatoms. The highest BCUT2D eigenvalue weighted by Crippen LogP contribution is 2.44. The van der Waals surface area contributed by atoms with Crippen molar-refractivity contribution in [2.24, 2.45) is 0 Å². The van der Waals surface area contributed by atoms with Gasteiger partial charge in [0.05, 0.1) is 27.6 Å². The smallest absolute Gasteiger partial charge is 0.434 e. The molecule has 0 fully saturated rings. The van der Waals surface area contributed by atoms with Gasteiger partial charge in [-0.05, 0) is 94.5 Å². The summed E-state index contributed by atoms with van der Waals surface area (Å²) in [7, 11) is 0. The van der Waals surface area contributed by atoms with Crippen LogP contribution in [-0.2, 0) is 0 Å². The fourth-order valence-corrected chi connectivity index (χ4v) is 10.3. The van der Waals surface area contributed by atoms with Crippen molar-refractivity contribution in [3.05, 3.63) is 188 Å². The van der Waals surface area contributed by atoms with Gasteiger partial charge in [-0.3, -0.25) is 0 Å². The highest BCUT2D eigenvalue weighted by molar-refractivity contribution is 6.84. The Labute approximate surface area is 339 Å². The predicted octanol–water partition coefficient (Wildman–Crippen LogP) is 12.5. The number of hydrogen-bond donors (Lipinski definition) is 0. The molecule has 12 aromatic rings. The van der Waals surface area contributed by atoms with Crippen molar-refractivity contribution in [3.8, 4) is 56.3 Å². The van der Waals surface area contributed by atoms with Crippen LogP contribution in [0.15, 0.2) is 188 Å². The molecule has 0 saturated carbocycles. The summed E-state index contributed by atoms with van der Waals surface area (Å²) in [5.41, 5.74) is 16.1. The number of nitrogens with zero attached hydrogens (tertiary/aromatic N) is 2. The van der Waals surface area contributed by atoms with Crippen LogP contribution in [0.25, 0.3) is 99.0 Å². The number of aromatic nitrogens is 2. The maximum absolute atomic E-state index is 6.98. The first-order chi connectivity index (χ1) is 29.2. The van der Waals surface area contributed by atoms with Crippen LogP contribution in [0.2, 0.25) is 0 Å². The zero-order chi connectivity index (χ0) is 38.3. The average Bonchev–Trinajstić information content (AvgIpc) is 3.94. The summed E-state index contributed by atoms with van der Waals surface area (Å²) >= 11 is 0. The number of benzene rings is 9. The third-order valence-electron chi connectivity index (χ3n) is 12.9. The van der Waals surface area contributed by atoms with E-state index >= 15 is 0 Å². The van der Waals surface area contributed by atoms with E-state index in [0.29, 0.717) is 0 Å². The van der Waals surface area contributed by atoms with Gasteiger partial charge in [0, 0.05) is 54.5 Å². The van der Waals surface area contributed by atoms with Gasteiger partial charge >= 0.3 is 6.92 Å². The average molecular weight is 751 g/mol. The topological polar surface area (TPSA) is 27.8 Å². The molecule has 0 unspecified atom stereocenters. The summed E-state index contributed by atoms with van der Waals surface area (Å²) in [6.07, 6.45) is 0. The molecule has 9 aromatic carbocycles. The summed E-state index contributed by atoms with van der Waals surface area (Å²) in [5.74, 6) is 2.54. The van der Waals surface area contributed by atoms with E-state index in [4.69, 9.17) is 9.39 Å². The molecule has 0 N–H and O–H groups in total. The van der Waals surface area contributed by atoms with Crippen molar-refractivity contribution >= 4 is 77.7 Å². The first-order valence-electron chi connectivity index (χ1n) is 20.3. The lowest BCUT2D eigenvalue weighted by atomic mass is 9.50. The molecular weight excluding hydrogens is 719 g/mol. The molecule has 0 spiro atoms. The maximum atomic E-state index is 6.98. The van der Waals surface area contributed by atoms with Gasteiger partial charge in [0.1, 0.15) is 17.2 Å². The van der Waals surface area contributed by atoms with Crippen LogP contribution in [0.3, 0.4) is 0 Å². The molecular formula is C54H31BN2O2. The predicted molar refractivity (Wildman–Crippen MR) is 244 cm³/mol. The lowest BCUT2D eigenvalue weighted by molar-refractivity contribution is 0.480. The van der Waals surface area contributed by atoms with Crippen LogP contribution in [0.5, 0.6) is 17.2 Å². The van der Waals surface area contributed by atoms with Gasteiger partial charge in [-0.1, -0.05) is 121 Å². The molecule has 2 aliphatic rings. The molecule has 0 aliphatic carbocycles. The van der Waals surface area contributed by atoms with Gasteiger partial charge in [-0.15, -0.1) is 0 Å². The van der Waals surface area contributed by atoms with E-state index in [9.17, 15) is 0 Å². The van der Waals surface area contributed by atoms with Gasteiger partial charge in [0.2, 0.25) is 0 Å². The van der Waals surface area contributed by atoms with E-state index in [-0.39, 0.29) is 6.92 Å². The van der Waals surface area contributed by atoms with E-state index in [1.165, 1.54) is 59.9 Å². The number of fused-ring (bicyclic) bond motifs is 13. The Bertz CT molecular complexity index is 3690. The van der Waals surface area contributed by atoms with Crippen LogP contribution in [0.1, 0.15) is 0 Å². The molecule has 59 heavy (non-hydrogen) atoms. The van der Waals surface area contributed by atoms with Crippen LogP contribution >= 0.6 is 0 Å². The highest BCUT2D eigenvalue weighted by Gasteiger charge is 2.41. The highest BCUT2D eigenvalue weighted by atomic mass is 16.5. The van der Waals surface area contributed by atoms with E-state index < -0.39 is 0 Å². The molecule has 272 valence electrons. The Morgan fingerprint density at radius 3 is 1.76 bits per heavy atom.